The van der Waals surface area contributed by atoms with Crippen LogP contribution in [0.2, 0.25) is 0 Å². The predicted octanol–water partition coefficient (Wildman–Crippen LogP) is 2.27. The topological polar surface area (TPSA) is 28.7 Å². The van der Waals surface area contributed by atoms with Gasteiger partial charge < -0.3 is 0 Å². The number of aromatic amines is 1. The molecule has 0 spiro atoms. The van der Waals surface area contributed by atoms with Gasteiger partial charge in [-0.15, -0.1) is 0 Å². The Hall–Kier alpha value is -0.310. The highest BCUT2D eigenvalue weighted by molar-refractivity contribution is 9.10. The summed E-state index contributed by atoms with van der Waals surface area (Å²) < 4.78 is 0.861. The number of aromatic nitrogens is 2. The number of hydrogen-bond acceptors (Lipinski definition) is 1. The summed E-state index contributed by atoms with van der Waals surface area (Å²) in [6.45, 7) is 6.37. The fraction of sp³-hybridized carbons (Fsp3) is 0.571. The zero-order chi connectivity index (χ0) is 7.78. The molecule has 0 saturated heterocycles. The van der Waals surface area contributed by atoms with Crippen molar-refractivity contribution in [3.05, 3.63) is 16.4 Å². The van der Waals surface area contributed by atoms with Crippen molar-refractivity contribution in [2.45, 2.75) is 26.2 Å². The van der Waals surface area contributed by atoms with Gasteiger partial charge in [0.1, 0.15) is 4.60 Å². The minimum absolute atomic E-state index is 0.117. The van der Waals surface area contributed by atoms with Gasteiger partial charge in [0.15, 0.2) is 0 Å². The first-order valence-electron chi connectivity index (χ1n) is 3.14. The molecule has 1 aromatic rings. The average Bonchev–Trinajstić information content (AvgIpc) is 2.11. The Labute approximate surface area is 69.2 Å². The van der Waals surface area contributed by atoms with Gasteiger partial charge in [0.05, 0.1) is 6.20 Å². The molecular weight excluding hydrogens is 192 g/mol. The van der Waals surface area contributed by atoms with E-state index in [2.05, 4.69) is 53.1 Å². The molecule has 10 heavy (non-hydrogen) atoms. The quantitative estimate of drug-likeness (QED) is 0.686. The predicted molar refractivity (Wildman–Crippen MR) is 43.8 cm³/mol. The zero-order valence-corrected chi connectivity index (χ0v) is 7.91. The normalized spacial score (nSPS) is 12.0. The van der Waals surface area contributed by atoms with E-state index in [0.717, 1.165) is 10.2 Å². The second kappa shape index (κ2) is 2.38. The highest BCUT2D eigenvalue weighted by Gasteiger charge is 2.18. The van der Waals surface area contributed by atoms with Crippen molar-refractivity contribution in [2.24, 2.45) is 0 Å². The summed E-state index contributed by atoms with van der Waals surface area (Å²) in [4.78, 5) is 0. The van der Waals surface area contributed by atoms with E-state index >= 15 is 0 Å². The maximum Gasteiger partial charge on any atom is 0.132 e. The Morgan fingerprint density at radius 3 is 2.30 bits per heavy atom. The van der Waals surface area contributed by atoms with E-state index in [-0.39, 0.29) is 5.41 Å². The fourth-order valence-corrected chi connectivity index (χ4v) is 1.52. The molecule has 0 fully saturated rings. The van der Waals surface area contributed by atoms with Gasteiger partial charge in [-0.3, -0.25) is 5.10 Å². The van der Waals surface area contributed by atoms with E-state index in [1.54, 1.807) is 0 Å². The lowest BCUT2D eigenvalue weighted by atomic mass is 9.90. The van der Waals surface area contributed by atoms with Crippen LogP contribution in [-0.2, 0) is 5.41 Å². The van der Waals surface area contributed by atoms with Gasteiger partial charge in [-0.05, 0) is 21.3 Å². The van der Waals surface area contributed by atoms with Crippen LogP contribution < -0.4 is 0 Å². The van der Waals surface area contributed by atoms with Crippen LogP contribution in [0, 0.1) is 6.20 Å². The van der Waals surface area contributed by atoms with Gasteiger partial charge in [-0.1, -0.05) is 20.8 Å². The summed E-state index contributed by atoms with van der Waals surface area (Å²) in [6.07, 6.45) is 2.96. The van der Waals surface area contributed by atoms with Crippen LogP contribution >= 0.6 is 15.9 Å². The highest BCUT2D eigenvalue weighted by atomic mass is 79.9. The molecule has 1 rings (SSSR count). The van der Waals surface area contributed by atoms with Gasteiger partial charge >= 0.3 is 0 Å². The summed E-state index contributed by atoms with van der Waals surface area (Å²) in [5.41, 5.74) is 1.21. The van der Waals surface area contributed by atoms with Gasteiger partial charge in [-0.2, -0.15) is 5.10 Å². The molecule has 0 aliphatic heterocycles. The molecule has 2 nitrogen and oxygen atoms in total. The monoisotopic (exact) mass is 201 g/mol. The third kappa shape index (κ3) is 1.40. The highest BCUT2D eigenvalue weighted by Crippen LogP contribution is 2.26. The first kappa shape index (κ1) is 7.79. The molecule has 0 unspecified atom stereocenters. The third-order valence-corrected chi connectivity index (χ3v) is 1.87. The van der Waals surface area contributed by atoms with Crippen LogP contribution in [0.3, 0.4) is 0 Å². The summed E-state index contributed by atoms with van der Waals surface area (Å²) >= 11 is 3.33. The Kier molecular flexibility index (Phi) is 1.86. The molecule has 0 aliphatic carbocycles. The van der Waals surface area contributed by atoms with E-state index < -0.39 is 0 Å². The van der Waals surface area contributed by atoms with E-state index in [1.165, 1.54) is 0 Å². The summed E-state index contributed by atoms with van der Waals surface area (Å²) in [5, 5.41) is 6.60. The van der Waals surface area contributed by atoms with Crippen molar-refractivity contribution in [3.63, 3.8) is 0 Å². The summed E-state index contributed by atoms with van der Waals surface area (Å²) in [5.74, 6) is 0. The van der Waals surface area contributed by atoms with Crippen molar-refractivity contribution < 1.29 is 0 Å². The molecule has 1 aromatic heterocycles. The standard InChI is InChI=1S/C7H10BrN2/c1-7(2,3)5-4-9-10-6(5)8/h1-3H3,(H,9,10). The van der Waals surface area contributed by atoms with E-state index in [1.807, 2.05) is 0 Å². The van der Waals surface area contributed by atoms with Gasteiger partial charge in [0.2, 0.25) is 0 Å². The largest absolute Gasteiger partial charge is 0.275 e. The van der Waals surface area contributed by atoms with E-state index in [0.29, 0.717) is 0 Å². The fourth-order valence-electron chi connectivity index (χ4n) is 0.737. The second-order valence-corrected chi connectivity index (χ2v) is 4.02. The van der Waals surface area contributed by atoms with Crippen molar-refractivity contribution in [2.75, 3.05) is 0 Å². The van der Waals surface area contributed by atoms with Crippen molar-refractivity contribution in [3.8, 4) is 0 Å². The van der Waals surface area contributed by atoms with E-state index in [4.69, 9.17) is 0 Å². The van der Waals surface area contributed by atoms with Crippen molar-refractivity contribution in [1.82, 2.24) is 10.2 Å². The Balaban J connectivity index is 3.05. The molecule has 0 atom stereocenters. The number of halogens is 1. The zero-order valence-electron chi connectivity index (χ0n) is 6.33. The lowest BCUT2D eigenvalue weighted by molar-refractivity contribution is 0.586. The third-order valence-electron chi connectivity index (χ3n) is 1.29. The smallest absolute Gasteiger partial charge is 0.132 e. The Bertz CT molecular complexity index is 222. The molecule has 0 bridgehead atoms. The molecule has 0 aromatic carbocycles. The number of rotatable bonds is 0. The summed E-state index contributed by atoms with van der Waals surface area (Å²) in [7, 11) is 0. The second-order valence-electron chi connectivity index (χ2n) is 3.26. The molecule has 0 saturated carbocycles. The maximum atomic E-state index is 3.92. The summed E-state index contributed by atoms with van der Waals surface area (Å²) in [6, 6.07) is 0. The van der Waals surface area contributed by atoms with Crippen LogP contribution in [0.4, 0.5) is 0 Å². The minimum atomic E-state index is 0.117. The Morgan fingerprint density at radius 1 is 1.50 bits per heavy atom. The number of nitrogens with zero attached hydrogens (tertiary/aromatic N) is 1. The lowest BCUT2D eigenvalue weighted by Gasteiger charge is -2.15. The van der Waals surface area contributed by atoms with Gasteiger partial charge in [-0.25, -0.2) is 0 Å². The van der Waals surface area contributed by atoms with Gasteiger partial charge in [0, 0.05) is 5.56 Å². The SMILES string of the molecule is CC(C)(C)c1[c][nH]nc1Br. The molecule has 1 heterocycles. The van der Waals surface area contributed by atoms with Crippen molar-refractivity contribution in [1.29, 1.82) is 0 Å². The Morgan fingerprint density at radius 2 is 2.10 bits per heavy atom. The lowest BCUT2D eigenvalue weighted by Crippen LogP contribution is -2.10. The molecule has 1 N–H and O–H groups in total. The first-order valence-corrected chi connectivity index (χ1v) is 3.93. The number of H-pyrrole nitrogens is 1. The van der Waals surface area contributed by atoms with Crippen molar-refractivity contribution >= 4 is 15.9 Å². The molecule has 0 aliphatic rings. The molecular formula is C7H10BrN2. The molecule has 55 valence electrons. The minimum Gasteiger partial charge on any atom is -0.275 e. The average molecular weight is 202 g/mol. The first-order chi connectivity index (χ1) is 4.52. The van der Waals surface area contributed by atoms with Crippen LogP contribution in [0.25, 0.3) is 0 Å². The number of hydrogen-bond donors (Lipinski definition) is 1. The van der Waals surface area contributed by atoms with E-state index in [9.17, 15) is 0 Å². The van der Waals surface area contributed by atoms with Crippen LogP contribution in [0.5, 0.6) is 0 Å². The van der Waals surface area contributed by atoms with Crippen LogP contribution in [0.15, 0.2) is 4.60 Å². The molecule has 1 radical (unpaired) electrons. The van der Waals surface area contributed by atoms with Crippen LogP contribution in [-0.4, -0.2) is 10.2 Å². The molecule has 0 amide bonds. The molecule has 3 heteroatoms. The number of nitrogens with one attached hydrogen (secondary N) is 1. The van der Waals surface area contributed by atoms with Gasteiger partial charge in [0.25, 0.3) is 0 Å². The maximum absolute atomic E-state index is 3.92. The van der Waals surface area contributed by atoms with Crippen LogP contribution in [0.1, 0.15) is 26.3 Å².